The number of hydrogen-bond donors (Lipinski definition) is 2. The Morgan fingerprint density at radius 1 is 0.808 bits per heavy atom. The minimum atomic E-state index is -0.745. The molecule has 0 aliphatic heterocycles. The molecular weight excluding hydrogens is 352 g/mol. The third kappa shape index (κ3) is 42.9. The molecule has 0 saturated heterocycles. The highest BCUT2D eigenvalue weighted by molar-refractivity contribution is 5.85. The highest BCUT2D eigenvalue weighted by Crippen LogP contribution is 1.90. The van der Waals surface area contributed by atoms with E-state index in [-0.39, 0.29) is 25.7 Å². The van der Waals surface area contributed by atoms with Crippen LogP contribution in [0, 0.1) is 0 Å². The van der Waals surface area contributed by atoms with Crippen LogP contribution in [0.15, 0.2) is 0 Å². The van der Waals surface area contributed by atoms with Gasteiger partial charge in [0.1, 0.15) is 0 Å². The van der Waals surface area contributed by atoms with E-state index < -0.39 is 29.8 Å². The summed E-state index contributed by atoms with van der Waals surface area (Å²) in [5.74, 6) is -2.63. The average Bonchev–Trinajstić information content (AvgIpc) is 2.55. The molecule has 0 fully saturated rings. The van der Waals surface area contributed by atoms with E-state index in [1.54, 1.807) is 20.8 Å². The van der Waals surface area contributed by atoms with Gasteiger partial charge in [-0.3, -0.25) is 28.8 Å². The lowest BCUT2D eigenvalue weighted by atomic mass is 10.3. The molecule has 0 bridgehead atoms. The minimum Gasteiger partial charge on any atom is -0.483 e. The van der Waals surface area contributed by atoms with Gasteiger partial charge in [0.05, 0.1) is 0 Å². The van der Waals surface area contributed by atoms with Gasteiger partial charge in [0.25, 0.3) is 6.47 Å². The van der Waals surface area contributed by atoms with Crippen molar-refractivity contribution >= 4 is 36.3 Å². The minimum absolute atomic E-state index is 0.222. The number of carbonyl (C=O) groups excluding carboxylic acids is 4. The summed E-state index contributed by atoms with van der Waals surface area (Å²) >= 11 is 0. The standard InChI is InChI=1S/2C6H10O3.C3H6O2.CH2O2/c1-3-4-6(8)9-5(2)7;1-3-5(7)9-6(8)4-2;1-2-3(4)5;2-1-3/h2*3-4H2,1-2H3;2H2,1H3,(H,4,5);1H,(H,2,3). The summed E-state index contributed by atoms with van der Waals surface area (Å²) in [7, 11) is 0. The second-order valence-electron chi connectivity index (χ2n) is 4.12. The van der Waals surface area contributed by atoms with Gasteiger partial charge in [0.2, 0.25) is 0 Å². The summed E-state index contributed by atoms with van der Waals surface area (Å²) in [5.41, 5.74) is 0. The van der Waals surface area contributed by atoms with Gasteiger partial charge < -0.3 is 19.7 Å². The summed E-state index contributed by atoms with van der Waals surface area (Å²) in [6, 6.07) is 0. The lowest BCUT2D eigenvalue weighted by molar-refractivity contribution is -0.160. The van der Waals surface area contributed by atoms with Crippen LogP contribution in [0.5, 0.6) is 0 Å². The maximum atomic E-state index is 10.4. The maximum Gasteiger partial charge on any atom is 0.313 e. The summed E-state index contributed by atoms with van der Waals surface area (Å²) in [4.78, 5) is 58.9. The number of rotatable bonds is 5. The van der Waals surface area contributed by atoms with E-state index in [0.29, 0.717) is 12.8 Å². The highest BCUT2D eigenvalue weighted by atomic mass is 16.6. The SMILES string of the molecule is CCC(=O)O.CCC(=O)OC(=O)CC.CCCC(=O)OC(C)=O.O=CO. The number of carboxylic acid groups (broad SMARTS) is 2. The Labute approximate surface area is 152 Å². The maximum absolute atomic E-state index is 10.4. The Morgan fingerprint density at radius 3 is 1.35 bits per heavy atom. The number of ether oxygens (including phenoxy) is 2. The van der Waals surface area contributed by atoms with Crippen LogP contribution in [0.25, 0.3) is 0 Å². The Bertz CT molecular complexity index is 415. The predicted molar refractivity (Wildman–Crippen MR) is 90.0 cm³/mol. The highest BCUT2D eigenvalue weighted by Gasteiger charge is 2.03. The normalized spacial score (nSPS) is 7.88. The molecule has 0 rings (SSSR count). The van der Waals surface area contributed by atoms with Gasteiger partial charge in [-0.1, -0.05) is 27.7 Å². The first kappa shape index (κ1) is 31.0. The van der Waals surface area contributed by atoms with Gasteiger partial charge in [-0.25, -0.2) is 0 Å². The van der Waals surface area contributed by atoms with Gasteiger partial charge in [-0.05, 0) is 6.42 Å². The topological polar surface area (TPSA) is 161 Å². The van der Waals surface area contributed by atoms with Crippen LogP contribution in [0.4, 0.5) is 0 Å². The van der Waals surface area contributed by atoms with E-state index in [1.165, 1.54) is 6.92 Å². The molecule has 0 saturated carbocycles. The first-order chi connectivity index (χ1) is 12.1. The number of carboxylic acids is 1. The Morgan fingerprint density at radius 2 is 1.15 bits per heavy atom. The van der Waals surface area contributed by atoms with Crippen molar-refractivity contribution in [3.8, 4) is 0 Å². The molecule has 0 aliphatic rings. The summed E-state index contributed by atoms with van der Waals surface area (Å²) in [5, 5.41) is 14.6. The lowest BCUT2D eigenvalue weighted by Gasteiger charge is -1.95. The van der Waals surface area contributed by atoms with E-state index in [1.807, 2.05) is 6.92 Å². The van der Waals surface area contributed by atoms with Crippen LogP contribution < -0.4 is 0 Å². The van der Waals surface area contributed by atoms with Crippen molar-refractivity contribution < 1.29 is 48.5 Å². The molecule has 2 N–H and O–H groups in total. The molecule has 0 unspecified atom stereocenters. The fourth-order valence-electron chi connectivity index (χ4n) is 0.687. The summed E-state index contributed by atoms with van der Waals surface area (Å²) in [6.07, 6.45) is 1.77. The van der Waals surface area contributed by atoms with Crippen molar-refractivity contribution in [2.45, 2.75) is 66.7 Å². The third-order valence-electron chi connectivity index (χ3n) is 1.82. The molecule has 0 spiro atoms. The van der Waals surface area contributed by atoms with Crippen LogP contribution in [-0.4, -0.2) is 46.5 Å². The van der Waals surface area contributed by atoms with Gasteiger partial charge in [0, 0.05) is 32.6 Å². The Kier molecular flexibility index (Phi) is 29.2. The molecule has 0 aliphatic carbocycles. The van der Waals surface area contributed by atoms with Crippen molar-refractivity contribution in [3.63, 3.8) is 0 Å². The monoisotopic (exact) mass is 380 g/mol. The van der Waals surface area contributed by atoms with Crippen molar-refractivity contribution in [3.05, 3.63) is 0 Å². The summed E-state index contributed by atoms with van der Waals surface area (Å²) < 4.78 is 8.48. The first-order valence-corrected chi connectivity index (χ1v) is 7.80. The first-order valence-electron chi connectivity index (χ1n) is 7.80. The van der Waals surface area contributed by atoms with E-state index in [9.17, 15) is 24.0 Å². The zero-order valence-electron chi connectivity index (χ0n) is 15.8. The number of hydrogen-bond acceptors (Lipinski definition) is 8. The van der Waals surface area contributed by atoms with Crippen LogP contribution in [0.3, 0.4) is 0 Å². The lowest BCUT2D eigenvalue weighted by Crippen LogP contribution is -2.09. The van der Waals surface area contributed by atoms with Crippen molar-refractivity contribution in [1.29, 1.82) is 0 Å². The quantitative estimate of drug-likeness (QED) is 0.409. The fraction of sp³-hybridized carbons (Fsp3) is 0.625. The molecule has 0 heterocycles. The molecule has 10 nitrogen and oxygen atoms in total. The molecule has 26 heavy (non-hydrogen) atoms. The van der Waals surface area contributed by atoms with Crippen LogP contribution >= 0.6 is 0 Å². The van der Waals surface area contributed by atoms with Crippen LogP contribution in [0.2, 0.25) is 0 Å². The molecule has 10 heteroatoms. The van der Waals surface area contributed by atoms with Crippen molar-refractivity contribution in [2.75, 3.05) is 0 Å². The van der Waals surface area contributed by atoms with Gasteiger partial charge in [-0.2, -0.15) is 0 Å². The molecule has 0 atom stereocenters. The van der Waals surface area contributed by atoms with Gasteiger partial charge in [-0.15, -0.1) is 0 Å². The van der Waals surface area contributed by atoms with Gasteiger partial charge in [0.15, 0.2) is 0 Å². The number of esters is 4. The fourth-order valence-corrected chi connectivity index (χ4v) is 0.687. The Hall–Kier alpha value is -2.78. The molecule has 0 aromatic rings. The van der Waals surface area contributed by atoms with Crippen molar-refractivity contribution in [1.82, 2.24) is 0 Å². The average molecular weight is 380 g/mol. The van der Waals surface area contributed by atoms with Crippen LogP contribution in [0.1, 0.15) is 66.7 Å². The number of carbonyl (C=O) groups is 6. The molecule has 152 valence electrons. The molecule has 0 aromatic heterocycles. The zero-order valence-corrected chi connectivity index (χ0v) is 15.8. The van der Waals surface area contributed by atoms with Crippen LogP contribution in [-0.2, 0) is 38.2 Å². The number of aliphatic carboxylic acids is 1. The zero-order chi connectivity index (χ0) is 21.5. The van der Waals surface area contributed by atoms with E-state index >= 15 is 0 Å². The summed E-state index contributed by atoms with van der Waals surface area (Å²) in [6.45, 7) is 7.70. The third-order valence-corrected chi connectivity index (χ3v) is 1.82. The van der Waals surface area contributed by atoms with E-state index in [4.69, 9.17) is 15.0 Å². The largest absolute Gasteiger partial charge is 0.483 e. The molecular formula is C16H28O10. The molecule has 0 aromatic carbocycles. The van der Waals surface area contributed by atoms with E-state index in [0.717, 1.165) is 0 Å². The second-order valence-corrected chi connectivity index (χ2v) is 4.12. The van der Waals surface area contributed by atoms with Crippen molar-refractivity contribution in [2.24, 2.45) is 0 Å². The second kappa shape index (κ2) is 24.5. The Balaban J connectivity index is -0.000000134. The predicted octanol–water partition coefficient (Wildman–Crippen LogP) is 1.93. The smallest absolute Gasteiger partial charge is 0.313 e. The molecule has 0 amide bonds. The molecule has 0 radical (unpaired) electrons. The van der Waals surface area contributed by atoms with Gasteiger partial charge >= 0.3 is 29.8 Å². The van der Waals surface area contributed by atoms with E-state index in [2.05, 4.69) is 9.47 Å².